The van der Waals surface area contributed by atoms with E-state index in [0.29, 0.717) is 36.7 Å². The average molecular weight is 490 g/mol. The predicted octanol–water partition coefficient (Wildman–Crippen LogP) is 3.30. The molecule has 0 unspecified atom stereocenters. The lowest BCUT2D eigenvalue weighted by Crippen LogP contribution is -2.34. The van der Waals surface area contributed by atoms with Gasteiger partial charge in [-0.05, 0) is 68.9 Å². The molecule has 1 N–H and O–H groups in total. The number of carbonyl (C=O) groups excluding carboxylic acids is 1. The summed E-state index contributed by atoms with van der Waals surface area (Å²) in [6, 6.07) is 11.8. The molecule has 1 aliphatic heterocycles. The van der Waals surface area contributed by atoms with Crippen LogP contribution in [0.25, 0.3) is 0 Å². The van der Waals surface area contributed by atoms with Gasteiger partial charge in [0.1, 0.15) is 0 Å². The van der Waals surface area contributed by atoms with Gasteiger partial charge in [-0.3, -0.25) is 4.79 Å². The van der Waals surface area contributed by atoms with Gasteiger partial charge in [-0.15, -0.1) is 0 Å². The Morgan fingerprint density at radius 2 is 1.59 bits per heavy atom. The van der Waals surface area contributed by atoms with Crippen molar-refractivity contribution in [2.24, 2.45) is 0 Å². The number of likely N-dealkylation sites (N-methyl/N-ethyl adjacent to an activating group) is 1. The van der Waals surface area contributed by atoms with E-state index in [1.807, 2.05) is 37.2 Å². The largest absolute Gasteiger partial charge is 0.493 e. The highest BCUT2D eigenvalue weighted by molar-refractivity contribution is 7.89. The molecule has 34 heavy (non-hydrogen) atoms. The molecular formula is C25H35N3O5S. The Morgan fingerprint density at radius 1 is 0.971 bits per heavy atom. The minimum Gasteiger partial charge on any atom is -0.493 e. The monoisotopic (exact) mass is 489 g/mol. The number of methoxy groups -OCH3 is 2. The van der Waals surface area contributed by atoms with Crippen molar-refractivity contribution in [3.05, 3.63) is 53.6 Å². The van der Waals surface area contributed by atoms with Crippen LogP contribution < -0.4 is 14.8 Å². The molecule has 9 heteroatoms. The first-order valence-corrected chi connectivity index (χ1v) is 13.0. The maximum Gasteiger partial charge on any atom is 0.251 e. The zero-order valence-corrected chi connectivity index (χ0v) is 21.2. The quantitative estimate of drug-likeness (QED) is 0.582. The van der Waals surface area contributed by atoms with Crippen LogP contribution in [0.5, 0.6) is 11.5 Å². The summed E-state index contributed by atoms with van der Waals surface area (Å²) in [5.41, 5.74) is 1.39. The van der Waals surface area contributed by atoms with Gasteiger partial charge >= 0.3 is 0 Å². The number of hydrogen-bond donors (Lipinski definition) is 1. The van der Waals surface area contributed by atoms with Crippen LogP contribution in [0.2, 0.25) is 0 Å². The summed E-state index contributed by atoms with van der Waals surface area (Å²) in [4.78, 5) is 15.0. The first-order valence-electron chi connectivity index (χ1n) is 11.5. The summed E-state index contributed by atoms with van der Waals surface area (Å²) in [5, 5.41) is 2.96. The van der Waals surface area contributed by atoms with Crippen LogP contribution in [0.15, 0.2) is 47.4 Å². The number of nitrogens with zero attached hydrogens (tertiary/aromatic N) is 2. The summed E-state index contributed by atoms with van der Waals surface area (Å²) in [7, 11) is 3.52. The minimum atomic E-state index is -3.54. The molecule has 1 amide bonds. The summed E-state index contributed by atoms with van der Waals surface area (Å²) in [5.74, 6) is 1.01. The fourth-order valence-corrected chi connectivity index (χ4v) is 5.68. The van der Waals surface area contributed by atoms with Crippen LogP contribution in [0.4, 0.5) is 0 Å². The number of nitrogens with one attached hydrogen (secondary N) is 1. The smallest absolute Gasteiger partial charge is 0.251 e. The zero-order chi connectivity index (χ0) is 24.7. The molecule has 0 aromatic heterocycles. The van der Waals surface area contributed by atoms with E-state index in [0.717, 1.165) is 31.2 Å². The maximum atomic E-state index is 13.0. The number of amides is 1. The number of rotatable bonds is 9. The normalized spacial score (nSPS) is 16.0. The fraction of sp³-hybridized carbons (Fsp3) is 0.480. The number of benzene rings is 2. The molecule has 0 spiro atoms. The van der Waals surface area contributed by atoms with Crippen LogP contribution in [0.1, 0.15) is 47.6 Å². The van der Waals surface area contributed by atoms with Crippen molar-refractivity contribution >= 4 is 15.9 Å². The second-order valence-corrected chi connectivity index (χ2v) is 10.6. The molecule has 1 aliphatic rings. The van der Waals surface area contributed by atoms with Crippen LogP contribution in [0.3, 0.4) is 0 Å². The highest BCUT2D eigenvalue weighted by Crippen LogP contribution is 2.31. The van der Waals surface area contributed by atoms with E-state index in [1.165, 1.54) is 12.1 Å². The first kappa shape index (κ1) is 26.0. The topological polar surface area (TPSA) is 88.2 Å². The third kappa shape index (κ3) is 6.08. The van der Waals surface area contributed by atoms with Crippen LogP contribution in [-0.2, 0) is 10.0 Å². The molecule has 186 valence electrons. The van der Waals surface area contributed by atoms with E-state index in [4.69, 9.17) is 9.47 Å². The van der Waals surface area contributed by atoms with Gasteiger partial charge in [0.05, 0.1) is 25.2 Å². The summed E-state index contributed by atoms with van der Waals surface area (Å²) < 4.78 is 38.2. The third-order valence-corrected chi connectivity index (χ3v) is 8.10. The second kappa shape index (κ2) is 11.7. The molecule has 1 saturated heterocycles. The fourth-order valence-electron chi connectivity index (χ4n) is 4.16. The van der Waals surface area contributed by atoms with Crippen molar-refractivity contribution in [1.82, 2.24) is 14.5 Å². The molecule has 8 nitrogen and oxygen atoms in total. The van der Waals surface area contributed by atoms with Gasteiger partial charge in [0.25, 0.3) is 5.91 Å². The van der Waals surface area contributed by atoms with Crippen molar-refractivity contribution in [3.8, 4) is 11.5 Å². The Kier molecular flexibility index (Phi) is 8.93. The molecule has 0 radical (unpaired) electrons. The van der Waals surface area contributed by atoms with Crippen molar-refractivity contribution in [3.63, 3.8) is 0 Å². The molecule has 0 saturated carbocycles. The van der Waals surface area contributed by atoms with Gasteiger partial charge in [0.15, 0.2) is 11.5 Å². The SMILES string of the molecule is COc1ccc([C@H](CNC(=O)c2ccc(S(=O)(=O)N3CCCCCC3)cc2)N(C)C)cc1OC. The van der Waals surface area contributed by atoms with E-state index >= 15 is 0 Å². The average Bonchev–Trinajstić information content (AvgIpc) is 3.14. The van der Waals surface area contributed by atoms with E-state index in [9.17, 15) is 13.2 Å². The summed E-state index contributed by atoms with van der Waals surface area (Å²) in [6.07, 6.45) is 3.88. The number of sulfonamides is 1. The van der Waals surface area contributed by atoms with Crippen LogP contribution >= 0.6 is 0 Å². The Hall–Kier alpha value is -2.62. The number of ether oxygens (including phenoxy) is 2. The highest BCUT2D eigenvalue weighted by Gasteiger charge is 2.25. The molecule has 3 rings (SSSR count). The molecule has 2 aromatic rings. The molecular weight excluding hydrogens is 454 g/mol. The van der Waals surface area contributed by atoms with E-state index < -0.39 is 10.0 Å². The van der Waals surface area contributed by atoms with Gasteiger partial charge in [0.2, 0.25) is 10.0 Å². The first-order chi connectivity index (χ1) is 16.3. The Morgan fingerprint density at radius 3 is 2.15 bits per heavy atom. The van der Waals surface area contributed by atoms with Crippen LogP contribution in [-0.4, -0.2) is 71.5 Å². The van der Waals surface area contributed by atoms with E-state index in [1.54, 1.807) is 30.7 Å². The molecule has 0 bridgehead atoms. The lowest BCUT2D eigenvalue weighted by atomic mass is 10.0. The molecule has 1 heterocycles. The lowest BCUT2D eigenvalue weighted by molar-refractivity contribution is 0.0941. The van der Waals surface area contributed by atoms with Crippen molar-refractivity contribution < 1.29 is 22.7 Å². The maximum absolute atomic E-state index is 13.0. The van der Waals surface area contributed by atoms with Crippen molar-refractivity contribution in [1.29, 1.82) is 0 Å². The van der Waals surface area contributed by atoms with Gasteiger partial charge in [-0.2, -0.15) is 4.31 Å². The molecule has 2 aromatic carbocycles. The minimum absolute atomic E-state index is 0.0913. The van der Waals surface area contributed by atoms with Crippen LogP contribution in [0, 0.1) is 0 Å². The molecule has 0 aliphatic carbocycles. The van der Waals surface area contributed by atoms with Gasteiger partial charge in [-0.25, -0.2) is 8.42 Å². The number of hydrogen-bond acceptors (Lipinski definition) is 6. The van der Waals surface area contributed by atoms with E-state index in [-0.39, 0.29) is 16.8 Å². The standard InChI is InChI=1S/C25H35N3O5S/c1-27(2)22(20-11-14-23(32-3)24(17-20)33-4)18-26-25(29)19-9-12-21(13-10-19)34(30,31)28-15-7-5-6-8-16-28/h9-14,17,22H,5-8,15-16,18H2,1-4H3,(H,26,29)/t22-/m0/s1. The van der Waals surface area contributed by atoms with Gasteiger partial charge in [-0.1, -0.05) is 18.9 Å². The molecule has 1 fully saturated rings. The van der Waals surface area contributed by atoms with Gasteiger partial charge in [0, 0.05) is 25.2 Å². The predicted molar refractivity (Wildman–Crippen MR) is 132 cm³/mol. The summed E-state index contributed by atoms with van der Waals surface area (Å²) in [6.45, 7) is 1.47. The van der Waals surface area contributed by atoms with E-state index in [2.05, 4.69) is 5.32 Å². The lowest BCUT2D eigenvalue weighted by Gasteiger charge is -2.26. The summed E-state index contributed by atoms with van der Waals surface area (Å²) >= 11 is 0. The molecule has 1 atom stereocenters. The van der Waals surface area contributed by atoms with Gasteiger partial charge < -0.3 is 19.7 Å². The Labute approximate surface area is 202 Å². The highest BCUT2D eigenvalue weighted by atomic mass is 32.2. The Bertz CT molecular complexity index is 1060. The van der Waals surface area contributed by atoms with Crippen molar-refractivity contribution in [2.75, 3.05) is 47.9 Å². The third-order valence-electron chi connectivity index (χ3n) is 6.19. The second-order valence-electron chi connectivity index (χ2n) is 8.65. The zero-order valence-electron chi connectivity index (χ0n) is 20.4. The van der Waals surface area contributed by atoms with Crippen molar-refractivity contribution in [2.45, 2.75) is 36.6 Å². The number of carbonyl (C=O) groups is 1. The Balaban J connectivity index is 1.69.